The second-order valence-electron chi connectivity index (χ2n) is 4.68. The molecule has 27 heavy (non-hydrogen) atoms. The fourth-order valence-electron chi connectivity index (χ4n) is 1.25. The zero-order chi connectivity index (χ0) is 22.7. The lowest BCUT2D eigenvalue weighted by molar-refractivity contribution is -0.766. The lowest BCUT2D eigenvalue weighted by Gasteiger charge is -2.42. The second kappa shape index (κ2) is 6.11. The van der Waals surface area contributed by atoms with Crippen LogP contribution in [0.4, 0.5) is 74.6 Å². The normalized spacial score (nSPS) is 16.7. The Morgan fingerprint density at radius 3 is 0.815 bits per heavy atom. The van der Waals surface area contributed by atoms with Crippen LogP contribution in [-0.4, -0.2) is 47.8 Å². The Morgan fingerprint density at radius 2 is 0.593 bits per heavy atom. The molecule has 0 unspecified atom stereocenters. The molecule has 2 nitrogen and oxygen atoms in total. The fourth-order valence-corrected chi connectivity index (χ4v) is 1.25. The number of hydrogen-bond acceptors (Lipinski definition) is 1. The van der Waals surface area contributed by atoms with Gasteiger partial charge in [-0.1, -0.05) is 0 Å². The molecule has 0 aliphatic heterocycles. The molecule has 0 amide bonds. The Labute approximate surface area is 134 Å². The maximum absolute atomic E-state index is 12.9. The van der Waals surface area contributed by atoms with Gasteiger partial charge < -0.3 is 10.7 Å². The molecule has 0 aliphatic carbocycles. The van der Waals surface area contributed by atoms with Crippen molar-refractivity contribution in [1.29, 1.82) is 0 Å². The molecule has 164 valence electrons. The number of halogens is 17. The first-order chi connectivity index (χ1) is 11.3. The van der Waals surface area contributed by atoms with Crippen LogP contribution in [0.15, 0.2) is 0 Å². The van der Waals surface area contributed by atoms with Gasteiger partial charge in [0, 0.05) is 0 Å². The number of hydrogen-bond donors (Lipinski definition) is 1. The molecule has 0 radical (unpaired) electrons. The van der Waals surface area contributed by atoms with E-state index in [2.05, 4.69) is 0 Å². The number of rotatable bonds is 7. The van der Waals surface area contributed by atoms with E-state index in [1.165, 1.54) is 0 Å². The summed E-state index contributed by atoms with van der Waals surface area (Å²) in [5.74, 6) is -50.4. The van der Waals surface area contributed by atoms with E-state index in [9.17, 15) is 79.8 Å². The topological polar surface area (TPSA) is 39.7 Å². The lowest BCUT2D eigenvalue weighted by Crippen LogP contribution is -2.96. The molecule has 0 aromatic carbocycles. The number of nitrogens with two attached hydrogens (primary N) is 1. The minimum atomic E-state index is -8.68. The van der Waals surface area contributed by atoms with Crippen LogP contribution in [-0.2, 0) is 0 Å². The van der Waals surface area contributed by atoms with Crippen LogP contribution in [0.25, 0.3) is 0 Å². The first-order valence-corrected chi connectivity index (χ1v) is 5.49. The quantitative estimate of drug-likeness (QED) is 0.355. The average Bonchev–Trinajstić information content (AvgIpc) is 2.44. The second-order valence-corrected chi connectivity index (χ2v) is 4.68. The Morgan fingerprint density at radius 1 is 0.370 bits per heavy atom. The highest BCUT2D eigenvalue weighted by Crippen LogP contribution is 2.63. The third-order valence-corrected chi connectivity index (χ3v) is 2.89. The van der Waals surface area contributed by atoms with Gasteiger partial charge in [0.25, 0.3) is 0 Å². The highest BCUT2D eigenvalue weighted by atomic mass is 19.4. The van der Waals surface area contributed by atoms with E-state index in [0.717, 1.165) is 0 Å². The van der Waals surface area contributed by atoms with E-state index in [0.29, 0.717) is 0 Å². The van der Waals surface area contributed by atoms with E-state index in [4.69, 9.17) is 0 Å². The van der Waals surface area contributed by atoms with E-state index in [1.807, 2.05) is 0 Å². The molecule has 0 aromatic heterocycles. The van der Waals surface area contributed by atoms with Crippen molar-refractivity contribution >= 4 is 0 Å². The van der Waals surface area contributed by atoms with Crippen LogP contribution in [0.3, 0.4) is 0 Å². The van der Waals surface area contributed by atoms with Crippen molar-refractivity contribution in [2.75, 3.05) is 0 Å². The molecule has 0 saturated carbocycles. The molecule has 0 saturated heterocycles. The van der Waals surface area contributed by atoms with Gasteiger partial charge in [0.2, 0.25) is 0 Å². The van der Waals surface area contributed by atoms with Gasteiger partial charge in [-0.3, -0.25) is 0 Å². The summed E-state index contributed by atoms with van der Waals surface area (Å²) in [5.41, 5.74) is -2.50. The highest BCUT2D eigenvalue weighted by Gasteiger charge is 2.96. The summed E-state index contributed by atoms with van der Waals surface area (Å²) in [7, 11) is 0. The largest absolute Gasteiger partial charge is 0.631 e. The van der Waals surface area contributed by atoms with Crippen LogP contribution in [0.5, 0.6) is 0 Å². The van der Waals surface area contributed by atoms with Gasteiger partial charge in [0.05, 0.1) is 0 Å². The maximum Gasteiger partial charge on any atom is 0.460 e. The number of alkyl halides is 17. The third kappa shape index (κ3) is 3.05. The predicted octanol–water partition coefficient (Wildman–Crippen LogP) is 4.01. The maximum atomic E-state index is 12.9. The smallest absolute Gasteiger partial charge is 0.460 e. The van der Waals surface area contributed by atoms with Crippen LogP contribution in [0, 0.1) is 5.21 Å². The summed E-state index contributed by atoms with van der Waals surface area (Å²) in [6, 6.07) is -6.95. The molecular formula is C8H2F17NO. The predicted molar refractivity (Wildman–Crippen MR) is 46.0 cm³/mol. The minimum absolute atomic E-state index is 2.50. The Kier molecular flexibility index (Phi) is 5.83. The lowest BCUT2D eigenvalue weighted by atomic mass is 9.90. The fraction of sp³-hybridized carbons (Fsp3) is 1.00. The Balaban J connectivity index is 6.65. The third-order valence-electron chi connectivity index (χ3n) is 2.89. The summed E-state index contributed by atoms with van der Waals surface area (Å²) < 4.78 is 213. The summed E-state index contributed by atoms with van der Waals surface area (Å²) >= 11 is 0. The highest BCUT2D eigenvalue weighted by molar-refractivity contribution is 5.13. The molecule has 0 atom stereocenters. The molecule has 0 heterocycles. The van der Waals surface area contributed by atoms with Crippen molar-refractivity contribution in [3.63, 3.8) is 0 Å². The molecule has 0 spiro atoms. The van der Waals surface area contributed by atoms with E-state index in [1.54, 1.807) is 0 Å². The van der Waals surface area contributed by atoms with E-state index < -0.39 is 53.2 Å². The van der Waals surface area contributed by atoms with Gasteiger partial charge in [-0.25, -0.2) is 0 Å². The zero-order valence-corrected chi connectivity index (χ0v) is 11.4. The van der Waals surface area contributed by atoms with Crippen molar-refractivity contribution in [3.8, 4) is 0 Å². The van der Waals surface area contributed by atoms with Crippen LogP contribution >= 0.6 is 0 Å². The minimum Gasteiger partial charge on any atom is -0.631 e. The summed E-state index contributed by atoms with van der Waals surface area (Å²) in [6.07, 6.45) is -7.79. The van der Waals surface area contributed by atoms with E-state index in [-0.39, 0.29) is 0 Å². The van der Waals surface area contributed by atoms with Crippen molar-refractivity contribution < 1.29 is 80.1 Å². The first kappa shape index (κ1) is 25.7. The molecule has 0 bridgehead atoms. The standard InChI is InChI=1S/C8H2F17NO/c9-1(10,3(13,14)5(17,18)7(21,22)23)2(11,12)4(15,16)6(19,20)8(24,25)26-27/h26H2. The van der Waals surface area contributed by atoms with Crippen LogP contribution in [0.2, 0.25) is 0 Å². The van der Waals surface area contributed by atoms with Crippen molar-refractivity contribution in [1.82, 2.24) is 0 Å². The zero-order valence-electron chi connectivity index (χ0n) is 11.4. The monoisotopic (exact) mass is 451 g/mol. The summed E-state index contributed by atoms with van der Waals surface area (Å²) in [5, 5.41) is 9.57. The van der Waals surface area contributed by atoms with Gasteiger partial charge in [0.15, 0.2) is 0 Å². The number of quaternary nitrogens is 1. The summed E-state index contributed by atoms with van der Waals surface area (Å²) in [4.78, 5) is 0. The van der Waals surface area contributed by atoms with Gasteiger partial charge >= 0.3 is 47.8 Å². The van der Waals surface area contributed by atoms with Crippen molar-refractivity contribution in [2.45, 2.75) is 47.8 Å². The van der Waals surface area contributed by atoms with Crippen LogP contribution in [0.1, 0.15) is 0 Å². The summed E-state index contributed by atoms with van der Waals surface area (Å²) in [6.45, 7) is 0. The first-order valence-electron chi connectivity index (χ1n) is 5.49. The van der Waals surface area contributed by atoms with Crippen molar-refractivity contribution in [3.05, 3.63) is 5.21 Å². The molecule has 19 heteroatoms. The van der Waals surface area contributed by atoms with Gasteiger partial charge in [0.1, 0.15) is 0 Å². The van der Waals surface area contributed by atoms with Gasteiger partial charge in [-0.05, 0) is 0 Å². The average molecular weight is 451 g/mol. The Bertz CT molecular complexity index is 548. The van der Waals surface area contributed by atoms with Crippen molar-refractivity contribution in [2.24, 2.45) is 0 Å². The Hall–Kier alpha value is -1.27. The molecule has 0 aliphatic rings. The van der Waals surface area contributed by atoms with E-state index >= 15 is 0 Å². The van der Waals surface area contributed by atoms with Crippen LogP contribution < -0.4 is 5.48 Å². The SMILES string of the molecule is [O-][NH2+]C(F)(F)C(F)(F)C(F)(F)C(F)(F)C(F)(F)C(F)(F)C(F)(F)C(F)(F)F. The molecular weight excluding hydrogens is 449 g/mol. The van der Waals surface area contributed by atoms with Gasteiger partial charge in [-0.15, -0.1) is 8.78 Å². The molecule has 0 aromatic rings. The molecule has 2 N–H and O–H groups in total. The number of hydroxylamine groups is 1. The molecule has 0 fully saturated rings. The molecule has 0 rings (SSSR count). The van der Waals surface area contributed by atoms with Gasteiger partial charge in [-0.2, -0.15) is 65.9 Å².